The minimum atomic E-state index is -0.522. The van der Waals surface area contributed by atoms with Gasteiger partial charge in [-0.05, 0) is 49.3 Å². The lowest BCUT2D eigenvalue weighted by molar-refractivity contribution is -0.384. The molecule has 0 bridgehead atoms. The smallest absolute Gasteiger partial charge is 0.293 e. The molecule has 0 radical (unpaired) electrons. The second kappa shape index (κ2) is 10.7. The number of thiocarbonyl (C=S) groups is 1. The highest BCUT2D eigenvalue weighted by Gasteiger charge is 2.25. The van der Waals surface area contributed by atoms with Crippen molar-refractivity contribution in [1.29, 1.82) is 0 Å². The number of rotatable bonds is 5. The van der Waals surface area contributed by atoms with Crippen LogP contribution < -0.4 is 20.4 Å². The number of piperazine rings is 1. The number of anilines is 3. The summed E-state index contributed by atoms with van der Waals surface area (Å²) in [4.78, 5) is 41.6. The highest BCUT2D eigenvalue weighted by Crippen LogP contribution is 2.32. The molecule has 11 heteroatoms. The van der Waals surface area contributed by atoms with Crippen molar-refractivity contribution in [2.75, 3.05) is 54.4 Å². The third-order valence-corrected chi connectivity index (χ3v) is 6.53. The summed E-state index contributed by atoms with van der Waals surface area (Å²) >= 11 is 5.37. The number of amides is 2. The van der Waals surface area contributed by atoms with Gasteiger partial charge >= 0.3 is 0 Å². The van der Waals surface area contributed by atoms with Gasteiger partial charge in [-0.2, -0.15) is 0 Å². The van der Waals surface area contributed by atoms with Gasteiger partial charge in [0.25, 0.3) is 11.6 Å². The van der Waals surface area contributed by atoms with Crippen molar-refractivity contribution in [3.05, 3.63) is 58.1 Å². The van der Waals surface area contributed by atoms with E-state index in [1.807, 2.05) is 34.1 Å². The largest absolute Gasteiger partial charge is 0.366 e. The maximum Gasteiger partial charge on any atom is 0.293 e. The number of benzene rings is 2. The zero-order valence-corrected chi connectivity index (χ0v) is 20.3. The van der Waals surface area contributed by atoms with Crippen molar-refractivity contribution in [3.8, 4) is 0 Å². The van der Waals surface area contributed by atoms with Gasteiger partial charge in [0.2, 0.25) is 5.91 Å². The maximum absolute atomic E-state index is 12.8. The molecule has 2 aliphatic heterocycles. The van der Waals surface area contributed by atoms with E-state index in [4.69, 9.17) is 12.2 Å². The molecule has 0 saturated carbocycles. The molecule has 2 saturated heterocycles. The van der Waals surface area contributed by atoms with Gasteiger partial charge in [-0.1, -0.05) is 12.1 Å². The second-order valence-electron chi connectivity index (χ2n) is 8.57. The fraction of sp³-hybridized carbons (Fsp3) is 0.375. The van der Waals surface area contributed by atoms with Crippen LogP contribution in [0.1, 0.15) is 30.1 Å². The van der Waals surface area contributed by atoms with E-state index < -0.39 is 10.8 Å². The number of nitrogens with one attached hydrogen (secondary N) is 2. The predicted octanol–water partition coefficient (Wildman–Crippen LogP) is 2.99. The van der Waals surface area contributed by atoms with E-state index in [1.165, 1.54) is 6.07 Å². The zero-order valence-electron chi connectivity index (χ0n) is 19.5. The van der Waals surface area contributed by atoms with Crippen LogP contribution in [0.2, 0.25) is 0 Å². The molecular weight excluding hydrogens is 468 g/mol. The summed E-state index contributed by atoms with van der Waals surface area (Å²) in [5.74, 6) is -0.459. The Kier molecular flexibility index (Phi) is 7.45. The summed E-state index contributed by atoms with van der Waals surface area (Å²) in [5.41, 5.74) is 2.25. The predicted molar refractivity (Wildman–Crippen MR) is 139 cm³/mol. The third kappa shape index (κ3) is 5.68. The van der Waals surface area contributed by atoms with E-state index in [0.717, 1.165) is 37.3 Å². The molecular formula is C24H28N6O4S. The van der Waals surface area contributed by atoms with Crippen LogP contribution in [0.25, 0.3) is 0 Å². The molecule has 2 aromatic carbocycles. The molecule has 184 valence electrons. The van der Waals surface area contributed by atoms with Gasteiger partial charge < -0.3 is 20.0 Å². The lowest BCUT2D eigenvalue weighted by Gasteiger charge is -2.36. The summed E-state index contributed by atoms with van der Waals surface area (Å²) in [6, 6.07) is 12.1. The number of nitro benzene ring substituents is 1. The number of hydrogen-bond acceptors (Lipinski definition) is 7. The molecule has 2 heterocycles. The molecule has 0 aromatic heterocycles. The fourth-order valence-corrected chi connectivity index (χ4v) is 4.69. The van der Waals surface area contributed by atoms with Crippen LogP contribution in [0.4, 0.5) is 22.7 Å². The summed E-state index contributed by atoms with van der Waals surface area (Å²) < 4.78 is 0. The molecule has 0 atom stereocenters. The van der Waals surface area contributed by atoms with Crippen molar-refractivity contribution in [2.24, 2.45) is 0 Å². The van der Waals surface area contributed by atoms with Gasteiger partial charge in [0, 0.05) is 57.8 Å². The van der Waals surface area contributed by atoms with Gasteiger partial charge in [-0.3, -0.25) is 25.0 Å². The van der Waals surface area contributed by atoms with Gasteiger partial charge in [-0.15, -0.1) is 0 Å². The summed E-state index contributed by atoms with van der Waals surface area (Å²) in [7, 11) is 0. The number of carbonyl (C=O) groups excluding carboxylic acids is 2. The van der Waals surface area contributed by atoms with Crippen LogP contribution in [0, 0.1) is 10.1 Å². The van der Waals surface area contributed by atoms with E-state index in [2.05, 4.69) is 15.5 Å². The minimum Gasteiger partial charge on any atom is -0.366 e. The van der Waals surface area contributed by atoms with Crippen LogP contribution in [0.15, 0.2) is 42.5 Å². The molecule has 2 aliphatic rings. The van der Waals surface area contributed by atoms with Gasteiger partial charge in [0.1, 0.15) is 5.69 Å². The first-order valence-electron chi connectivity index (χ1n) is 11.6. The Morgan fingerprint density at radius 1 is 0.943 bits per heavy atom. The monoisotopic (exact) mass is 496 g/mol. The van der Waals surface area contributed by atoms with E-state index >= 15 is 0 Å². The lowest BCUT2D eigenvalue weighted by atomic mass is 10.1. The molecule has 0 unspecified atom stereocenters. The SMILES string of the molecule is CC(=O)N1CCN(c2ccccc2NC(=S)NC(=O)c2ccc(N3CCCC3)c([N+](=O)[O-])c2)CC1. The number of nitrogens with zero attached hydrogens (tertiary/aromatic N) is 4. The van der Waals surface area contributed by atoms with Crippen molar-refractivity contribution >= 4 is 51.9 Å². The standard InChI is InChI=1S/C24H28N6O4S/c1-17(31)27-12-14-29(15-13-27)20-7-3-2-6-19(20)25-24(35)26-23(32)18-8-9-21(22(16-18)30(33)34)28-10-4-5-11-28/h2-3,6-9,16H,4-5,10-15H2,1H3,(H2,25,26,32,35). The Morgan fingerprint density at radius 2 is 1.60 bits per heavy atom. The van der Waals surface area contributed by atoms with E-state index in [9.17, 15) is 19.7 Å². The fourth-order valence-electron chi connectivity index (χ4n) is 4.48. The lowest BCUT2D eigenvalue weighted by Crippen LogP contribution is -2.48. The Hall–Kier alpha value is -3.73. The van der Waals surface area contributed by atoms with Crippen LogP contribution in [-0.4, -0.2) is 66.0 Å². The van der Waals surface area contributed by atoms with Gasteiger partial charge in [-0.25, -0.2) is 0 Å². The van der Waals surface area contributed by atoms with Crippen LogP contribution in [-0.2, 0) is 4.79 Å². The van der Waals surface area contributed by atoms with Crippen molar-refractivity contribution in [1.82, 2.24) is 10.2 Å². The quantitative estimate of drug-likeness (QED) is 0.369. The van der Waals surface area contributed by atoms with E-state index in [1.54, 1.807) is 19.1 Å². The average Bonchev–Trinajstić information content (AvgIpc) is 3.39. The first-order chi connectivity index (χ1) is 16.8. The second-order valence-corrected chi connectivity index (χ2v) is 8.98. The number of nitro groups is 1. The first-order valence-corrected chi connectivity index (χ1v) is 12.0. The highest BCUT2D eigenvalue weighted by molar-refractivity contribution is 7.80. The molecule has 0 spiro atoms. The highest BCUT2D eigenvalue weighted by atomic mass is 32.1. The topological polar surface area (TPSA) is 111 Å². The van der Waals surface area contributed by atoms with Crippen molar-refractivity contribution in [2.45, 2.75) is 19.8 Å². The minimum absolute atomic E-state index is 0.0636. The number of hydrogen-bond donors (Lipinski definition) is 2. The zero-order chi connectivity index (χ0) is 24.9. The first kappa shape index (κ1) is 24.4. The third-order valence-electron chi connectivity index (χ3n) is 6.33. The number of para-hydroxylation sites is 2. The Labute approximate surface area is 209 Å². The van der Waals surface area contributed by atoms with Crippen LogP contribution in [0.3, 0.4) is 0 Å². The molecule has 2 aromatic rings. The summed E-state index contributed by atoms with van der Waals surface area (Å²) in [6.07, 6.45) is 1.99. The molecule has 0 aliphatic carbocycles. The Balaban J connectivity index is 1.43. The Morgan fingerprint density at radius 3 is 2.26 bits per heavy atom. The van der Waals surface area contributed by atoms with Crippen LogP contribution in [0.5, 0.6) is 0 Å². The summed E-state index contributed by atoms with van der Waals surface area (Å²) in [6.45, 7) is 5.75. The van der Waals surface area contributed by atoms with E-state index in [0.29, 0.717) is 31.9 Å². The van der Waals surface area contributed by atoms with E-state index in [-0.39, 0.29) is 22.3 Å². The molecule has 10 nitrogen and oxygen atoms in total. The Bertz CT molecular complexity index is 1140. The maximum atomic E-state index is 12.8. The molecule has 35 heavy (non-hydrogen) atoms. The van der Waals surface area contributed by atoms with Crippen LogP contribution >= 0.6 is 12.2 Å². The van der Waals surface area contributed by atoms with Crippen molar-refractivity contribution in [3.63, 3.8) is 0 Å². The molecule has 4 rings (SSSR count). The molecule has 2 amide bonds. The van der Waals surface area contributed by atoms with Gasteiger partial charge in [0.15, 0.2) is 5.11 Å². The molecule has 2 N–H and O–H groups in total. The normalized spacial score (nSPS) is 15.6. The van der Waals surface area contributed by atoms with Gasteiger partial charge in [0.05, 0.1) is 16.3 Å². The van der Waals surface area contributed by atoms with Crippen molar-refractivity contribution < 1.29 is 14.5 Å². The molecule has 2 fully saturated rings. The number of carbonyl (C=O) groups is 2. The average molecular weight is 497 g/mol. The summed E-state index contributed by atoms with van der Waals surface area (Å²) in [5, 5.41) is 17.4.